The molecular weight excluding hydrogens is 246 g/mol. The molecule has 0 aliphatic rings. The summed E-state index contributed by atoms with van der Waals surface area (Å²) >= 11 is 0. The van der Waals surface area contributed by atoms with Gasteiger partial charge in [0.2, 0.25) is 5.91 Å². The van der Waals surface area contributed by atoms with Crippen molar-refractivity contribution in [3.8, 4) is 0 Å². The molecule has 0 saturated carbocycles. The Morgan fingerprint density at radius 3 is 2.37 bits per heavy atom. The topological polar surface area (TPSA) is 104 Å². The molecule has 2 atom stereocenters. The lowest BCUT2D eigenvalue weighted by Gasteiger charge is -2.27. The number of aliphatic hydroxyl groups excluding tert-OH is 1. The van der Waals surface area contributed by atoms with Crippen LogP contribution in [0.25, 0.3) is 0 Å². The van der Waals surface area contributed by atoms with Gasteiger partial charge in [-0.15, -0.1) is 0 Å². The van der Waals surface area contributed by atoms with Crippen LogP contribution < -0.4 is 16.4 Å². The molecule has 0 aromatic heterocycles. The molecule has 5 N–H and O–H groups in total. The highest BCUT2D eigenvalue weighted by molar-refractivity contribution is 5.86. The van der Waals surface area contributed by atoms with Gasteiger partial charge in [0.15, 0.2) is 0 Å². The van der Waals surface area contributed by atoms with E-state index in [1.165, 1.54) is 0 Å². The van der Waals surface area contributed by atoms with E-state index in [0.29, 0.717) is 13.0 Å². The number of carbonyl (C=O) groups excluding carboxylic acids is 2. The van der Waals surface area contributed by atoms with Gasteiger partial charge in [0, 0.05) is 13.2 Å². The molecule has 0 bridgehead atoms. The Morgan fingerprint density at radius 1 is 1.37 bits per heavy atom. The third kappa shape index (κ3) is 7.00. The molecule has 0 aromatic rings. The van der Waals surface area contributed by atoms with E-state index in [-0.39, 0.29) is 23.8 Å². The van der Waals surface area contributed by atoms with Crippen LogP contribution >= 0.6 is 0 Å². The smallest absolute Gasteiger partial charge is 0.312 e. The van der Waals surface area contributed by atoms with Gasteiger partial charge in [-0.2, -0.15) is 0 Å². The van der Waals surface area contributed by atoms with Crippen LogP contribution in [0, 0.1) is 11.3 Å². The molecule has 19 heavy (non-hydrogen) atoms. The van der Waals surface area contributed by atoms with Gasteiger partial charge in [0.1, 0.15) is 6.04 Å². The van der Waals surface area contributed by atoms with Crippen LogP contribution in [0.3, 0.4) is 0 Å². The minimum Gasteiger partial charge on any atom is -0.396 e. The third-order valence-corrected chi connectivity index (χ3v) is 3.32. The van der Waals surface area contributed by atoms with Crippen LogP contribution in [0.2, 0.25) is 0 Å². The molecular formula is C13H27N3O3. The molecule has 0 radical (unpaired) electrons. The van der Waals surface area contributed by atoms with Gasteiger partial charge in [0.05, 0.1) is 0 Å². The van der Waals surface area contributed by atoms with Crippen LogP contribution in [0.1, 0.15) is 40.5 Å². The molecule has 6 nitrogen and oxygen atoms in total. The lowest BCUT2D eigenvalue weighted by atomic mass is 9.89. The number of carbonyl (C=O) groups is 2. The quantitative estimate of drug-likeness (QED) is 0.520. The molecule has 0 saturated heterocycles. The summed E-state index contributed by atoms with van der Waals surface area (Å²) < 4.78 is 0. The van der Waals surface area contributed by atoms with E-state index in [4.69, 9.17) is 10.8 Å². The Kier molecular flexibility index (Phi) is 7.44. The average molecular weight is 273 g/mol. The molecule has 112 valence electrons. The molecule has 6 heteroatoms. The Hall–Kier alpha value is -1.30. The van der Waals surface area contributed by atoms with E-state index in [0.717, 1.165) is 6.42 Å². The second kappa shape index (κ2) is 7.99. The van der Waals surface area contributed by atoms with Crippen molar-refractivity contribution in [3.63, 3.8) is 0 Å². The summed E-state index contributed by atoms with van der Waals surface area (Å²) in [7, 11) is 0. The first-order chi connectivity index (χ1) is 8.73. The van der Waals surface area contributed by atoms with Crippen molar-refractivity contribution in [2.45, 2.75) is 46.6 Å². The first-order valence-corrected chi connectivity index (χ1v) is 6.68. The number of amides is 3. The van der Waals surface area contributed by atoms with Crippen molar-refractivity contribution in [3.05, 3.63) is 0 Å². The summed E-state index contributed by atoms with van der Waals surface area (Å²) in [4.78, 5) is 23.0. The van der Waals surface area contributed by atoms with Gasteiger partial charge in [-0.1, -0.05) is 34.1 Å². The fourth-order valence-electron chi connectivity index (χ4n) is 1.68. The van der Waals surface area contributed by atoms with E-state index < -0.39 is 12.1 Å². The zero-order chi connectivity index (χ0) is 15.1. The molecule has 0 fully saturated rings. The summed E-state index contributed by atoms with van der Waals surface area (Å²) in [5.74, 6) is -0.229. The molecule has 2 unspecified atom stereocenters. The van der Waals surface area contributed by atoms with Crippen LogP contribution in [0.4, 0.5) is 4.79 Å². The fourth-order valence-corrected chi connectivity index (χ4v) is 1.68. The van der Waals surface area contributed by atoms with Gasteiger partial charge in [-0.3, -0.25) is 4.79 Å². The number of rotatable bonds is 8. The standard InChI is InChI=1S/C13H27N3O3/c1-5-9(2)10(16-12(14)19)11(18)15-8-13(3,4)6-7-17/h9-10,17H,5-8H2,1-4H3,(H,15,18)(H3,14,16,19). The largest absolute Gasteiger partial charge is 0.396 e. The maximum atomic E-state index is 12.1. The van der Waals surface area contributed by atoms with Crippen molar-refractivity contribution in [2.24, 2.45) is 17.1 Å². The van der Waals surface area contributed by atoms with Crippen molar-refractivity contribution >= 4 is 11.9 Å². The summed E-state index contributed by atoms with van der Waals surface area (Å²) in [6.45, 7) is 8.28. The van der Waals surface area contributed by atoms with Crippen LogP contribution in [-0.4, -0.2) is 36.2 Å². The predicted octanol–water partition coefficient (Wildman–Crippen LogP) is 0.594. The summed E-state index contributed by atoms with van der Waals surface area (Å²) in [6.07, 6.45) is 1.36. The van der Waals surface area contributed by atoms with E-state index in [9.17, 15) is 9.59 Å². The summed E-state index contributed by atoms with van der Waals surface area (Å²) in [6, 6.07) is -1.32. The summed E-state index contributed by atoms with van der Waals surface area (Å²) in [5.41, 5.74) is 4.91. The molecule has 3 amide bonds. The molecule has 0 aromatic carbocycles. The number of primary amides is 1. The predicted molar refractivity (Wildman–Crippen MR) is 74.5 cm³/mol. The molecule has 0 aliphatic carbocycles. The molecule has 0 rings (SSSR count). The first kappa shape index (κ1) is 17.7. The second-order valence-electron chi connectivity index (χ2n) is 5.73. The number of nitrogens with two attached hydrogens (primary N) is 1. The highest BCUT2D eigenvalue weighted by Gasteiger charge is 2.26. The van der Waals surface area contributed by atoms with Gasteiger partial charge < -0.3 is 21.5 Å². The lowest BCUT2D eigenvalue weighted by Crippen LogP contribution is -2.53. The van der Waals surface area contributed by atoms with Gasteiger partial charge in [-0.05, 0) is 17.8 Å². The minimum atomic E-state index is -0.699. The Morgan fingerprint density at radius 2 is 1.95 bits per heavy atom. The minimum absolute atomic E-state index is 0.00783. The zero-order valence-corrected chi connectivity index (χ0v) is 12.3. The Bertz CT molecular complexity index is 306. The van der Waals surface area contributed by atoms with E-state index in [2.05, 4.69) is 10.6 Å². The van der Waals surface area contributed by atoms with Crippen molar-refractivity contribution in [1.29, 1.82) is 0 Å². The normalized spacial score (nSPS) is 14.6. The zero-order valence-electron chi connectivity index (χ0n) is 12.3. The van der Waals surface area contributed by atoms with Crippen LogP contribution in [-0.2, 0) is 4.79 Å². The van der Waals surface area contributed by atoms with E-state index in [1.54, 1.807) is 0 Å². The number of aliphatic hydroxyl groups is 1. The van der Waals surface area contributed by atoms with Crippen LogP contribution in [0.15, 0.2) is 0 Å². The third-order valence-electron chi connectivity index (χ3n) is 3.32. The Labute approximate surface area is 115 Å². The van der Waals surface area contributed by atoms with Crippen molar-refractivity contribution in [1.82, 2.24) is 10.6 Å². The number of nitrogens with one attached hydrogen (secondary N) is 2. The maximum Gasteiger partial charge on any atom is 0.312 e. The number of hydrogen-bond acceptors (Lipinski definition) is 3. The Balaban J connectivity index is 4.52. The monoisotopic (exact) mass is 273 g/mol. The van der Waals surface area contributed by atoms with Gasteiger partial charge in [0.25, 0.3) is 0 Å². The highest BCUT2D eigenvalue weighted by Crippen LogP contribution is 2.18. The molecule has 0 heterocycles. The number of hydrogen-bond donors (Lipinski definition) is 4. The second-order valence-corrected chi connectivity index (χ2v) is 5.73. The van der Waals surface area contributed by atoms with Gasteiger partial charge in [-0.25, -0.2) is 4.79 Å². The first-order valence-electron chi connectivity index (χ1n) is 6.68. The maximum absolute atomic E-state index is 12.1. The SMILES string of the molecule is CCC(C)C(NC(N)=O)C(=O)NCC(C)(C)CCO. The lowest BCUT2D eigenvalue weighted by molar-refractivity contribution is -0.124. The van der Waals surface area contributed by atoms with Crippen molar-refractivity contribution in [2.75, 3.05) is 13.2 Å². The highest BCUT2D eigenvalue weighted by atomic mass is 16.3. The summed E-state index contributed by atoms with van der Waals surface area (Å²) in [5, 5.41) is 14.2. The van der Waals surface area contributed by atoms with Crippen LogP contribution in [0.5, 0.6) is 0 Å². The van der Waals surface area contributed by atoms with Crippen molar-refractivity contribution < 1.29 is 14.7 Å². The van der Waals surface area contributed by atoms with Gasteiger partial charge >= 0.3 is 6.03 Å². The molecule has 0 spiro atoms. The molecule has 0 aliphatic heterocycles. The number of urea groups is 1. The fraction of sp³-hybridized carbons (Fsp3) is 0.846. The van der Waals surface area contributed by atoms with E-state index in [1.807, 2.05) is 27.7 Å². The average Bonchev–Trinajstić information content (AvgIpc) is 2.32. The van der Waals surface area contributed by atoms with E-state index >= 15 is 0 Å².